The Morgan fingerprint density at radius 3 is 2.65 bits per heavy atom. The molecule has 0 aliphatic heterocycles. The van der Waals surface area contributed by atoms with Gasteiger partial charge in [-0.3, -0.25) is 0 Å². The Kier molecular flexibility index (Phi) is 5.23. The molecule has 0 radical (unpaired) electrons. The fraction of sp³-hybridized carbons (Fsp3) is 0.667. The van der Waals surface area contributed by atoms with Crippen molar-refractivity contribution in [1.29, 1.82) is 0 Å². The summed E-state index contributed by atoms with van der Waals surface area (Å²) in [6.45, 7) is 0.620. The molecule has 8 heteroatoms. The van der Waals surface area contributed by atoms with E-state index in [9.17, 15) is 8.42 Å². The van der Waals surface area contributed by atoms with Crippen molar-refractivity contribution in [3.05, 3.63) is 16.5 Å². The van der Waals surface area contributed by atoms with Crippen LogP contribution in [0.3, 0.4) is 0 Å². The van der Waals surface area contributed by atoms with Gasteiger partial charge < -0.3 is 10.2 Å². The van der Waals surface area contributed by atoms with E-state index in [2.05, 4.69) is 20.7 Å². The predicted octanol–water partition coefficient (Wildman–Crippen LogP) is 2.45. The van der Waals surface area contributed by atoms with Crippen LogP contribution < -0.4 is 10.5 Å². The maximum atomic E-state index is 12.3. The first-order valence-corrected chi connectivity index (χ1v) is 9.96. The molecule has 5 nitrogen and oxygen atoms in total. The minimum atomic E-state index is -3.58. The summed E-state index contributed by atoms with van der Waals surface area (Å²) >= 11 is 4.88. The highest BCUT2D eigenvalue weighted by atomic mass is 79.9. The van der Waals surface area contributed by atoms with Crippen molar-refractivity contribution in [2.24, 2.45) is 5.73 Å². The first kappa shape index (κ1) is 16.4. The summed E-state index contributed by atoms with van der Waals surface area (Å²) in [6.07, 6.45) is 6.47. The van der Waals surface area contributed by atoms with Crippen LogP contribution in [0.1, 0.15) is 31.4 Å². The molecular weight excluding hydrogens is 364 g/mol. The molecule has 3 N–H and O–H groups in total. The lowest BCUT2D eigenvalue weighted by Crippen LogP contribution is -2.38. The van der Waals surface area contributed by atoms with Gasteiger partial charge in [0.1, 0.15) is 10.7 Å². The Bertz CT molecular complexity index is 565. The average Bonchev–Trinajstić information content (AvgIpc) is 3.04. The van der Waals surface area contributed by atoms with Gasteiger partial charge in [-0.05, 0) is 35.0 Å². The molecule has 2 rings (SSSR count). The van der Waals surface area contributed by atoms with Crippen LogP contribution in [-0.2, 0) is 16.6 Å². The summed E-state index contributed by atoms with van der Waals surface area (Å²) < 4.78 is 32.9. The number of nitrogens with two attached hydrogens (primary N) is 1. The van der Waals surface area contributed by atoms with Crippen LogP contribution >= 0.6 is 27.7 Å². The van der Waals surface area contributed by atoms with E-state index in [0.29, 0.717) is 12.3 Å². The van der Waals surface area contributed by atoms with Gasteiger partial charge in [0.2, 0.25) is 10.0 Å². The minimum absolute atomic E-state index is 0.0278. The molecule has 1 fully saturated rings. The van der Waals surface area contributed by atoms with Gasteiger partial charge in [-0.1, -0.05) is 12.8 Å². The Hall–Kier alpha value is -0.0200. The first-order valence-electron chi connectivity index (χ1n) is 6.45. The zero-order valence-corrected chi connectivity index (χ0v) is 14.5. The number of rotatable bonds is 6. The maximum absolute atomic E-state index is 12.3. The van der Waals surface area contributed by atoms with Gasteiger partial charge >= 0.3 is 0 Å². The van der Waals surface area contributed by atoms with Crippen molar-refractivity contribution in [3.8, 4) is 0 Å². The Morgan fingerprint density at radius 1 is 1.50 bits per heavy atom. The lowest BCUT2D eigenvalue weighted by Gasteiger charge is -2.26. The van der Waals surface area contributed by atoms with E-state index in [1.807, 2.05) is 6.26 Å². The van der Waals surface area contributed by atoms with E-state index in [1.54, 1.807) is 11.8 Å². The minimum Gasteiger partial charge on any atom is -0.452 e. The summed E-state index contributed by atoms with van der Waals surface area (Å²) in [5.41, 5.74) is 5.46. The molecule has 1 aromatic rings. The van der Waals surface area contributed by atoms with Crippen LogP contribution in [0.15, 0.2) is 20.0 Å². The lowest BCUT2D eigenvalue weighted by atomic mass is 10.1. The molecule has 0 aromatic carbocycles. The Balaban J connectivity index is 2.12. The second-order valence-corrected chi connectivity index (χ2v) is 8.70. The smallest absolute Gasteiger partial charge is 0.245 e. The molecule has 1 heterocycles. The van der Waals surface area contributed by atoms with Crippen molar-refractivity contribution in [2.45, 2.75) is 41.9 Å². The van der Waals surface area contributed by atoms with Crippen molar-refractivity contribution >= 4 is 37.7 Å². The predicted molar refractivity (Wildman–Crippen MR) is 84.2 cm³/mol. The number of halogens is 1. The van der Waals surface area contributed by atoms with Crippen molar-refractivity contribution in [1.82, 2.24) is 4.72 Å². The van der Waals surface area contributed by atoms with Crippen molar-refractivity contribution < 1.29 is 12.8 Å². The molecule has 1 aromatic heterocycles. The SMILES string of the molecule is CSC1(CNS(=O)(=O)c2cc(CN)oc2Br)CCCC1. The third kappa shape index (κ3) is 3.41. The molecule has 0 unspecified atom stereocenters. The van der Waals surface area contributed by atoms with Crippen molar-refractivity contribution in [3.63, 3.8) is 0 Å². The standard InChI is InChI=1S/C12H19BrN2O3S2/c1-19-12(4-2-3-5-12)8-15-20(16,17)10-6-9(7-14)18-11(10)13/h6,15H,2-5,7-8,14H2,1H3. The van der Waals surface area contributed by atoms with Gasteiger partial charge in [0.05, 0.1) is 6.54 Å². The van der Waals surface area contributed by atoms with Gasteiger partial charge in [-0.25, -0.2) is 13.1 Å². The number of furan rings is 1. The monoisotopic (exact) mass is 382 g/mol. The zero-order valence-electron chi connectivity index (χ0n) is 11.3. The highest BCUT2D eigenvalue weighted by Crippen LogP contribution is 2.40. The molecule has 0 atom stereocenters. The second kappa shape index (κ2) is 6.39. The number of hydrogen-bond donors (Lipinski definition) is 2. The lowest BCUT2D eigenvalue weighted by molar-refractivity contribution is 0.483. The highest BCUT2D eigenvalue weighted by Gasteiger charge is 2.35. The molecule has 20 heavy (non-hydrogen) atoms. The topological polar surface area (TPSA) is 85.3 Å². The molecular formula is C12H19BrN2O3S2. The summed E-state index contributed by atoms with van der Waals surface area (Å²) in [5, 5.41) is 0. The quantitative estimate of drug-likeness (QED) is 0.788. The van der Waals surface area contributed by atoms with Crippen LogP contribution in [0.4, 0.5) is 0 Å². The number of sulfonamides is 1. The van der Waals surface area contributed by atoms with E-state index < -0.39 is 10.0 Å². The van der Waals surface area contributed by atoms with Crippen LogP contribution in [-0.4, -0.2) is 26.0 Å². The van der Waals surface area contributed by atoms with Crippen LogP contribution in [0, 0.1) is 0 Å². The van der Waals surface area contributed by atoms with Crippen LogP contribution in [0.25, 0.3) is 0 Å². The van der Waals surface area contributed by atoms with Gasteiger partial charge in [0, 0.05) is 17.4 Å². The first-order chi connectivity index (χ1) is 9.42. The van der Waals surface area contributed by atoms with E-state index in [4.69, 9.17) is 10.2 Å². The largest absolute Gasteiger partial charge is 0.452 e. The molecule has 0 spiro atoms. The van der Waals surface area contributed by atoms with E-state index in [0.717, 1.165) is 25.7 Å². The van der Waals surface area contributed by atoms with E-state index in [-0.39, 0.29) is 20.9 Å². The van der Waals surface area contributed by atoms with Gasteiger partial charge in [-0.2, -0.15) is 11.8 Å². The summed E-state index contributed by atoms with van der Waals surface area (Å²) in [5.74, 6) is 0.442. The fourth-order valence-corrected chi connectivity index (χ4v) is 5.59. The van der Waals surface area contributed by atoms with E-state index >= 15 is 0 Å². The molecule has 1 aliphatic carbocycles. The molecule has 1 saturated carbocycles. The van der Waals surface area contributed by atoms with Gasteiger partial charge in [0.25, 0.3) is 0 Å². The van der Waals surface area contributed by atoms with Crippen LogP contribution in [0.5, 0.6) is 0 Å². The number of nitrogens with one attached hydrogen (secondary N) is 1. The van der Waals surface area contributed by atoms with Crippen molar-refractivity contribution in [2.75, 3.05) is 12.8 Å². The molecule has 0 bridgehead atoms. The Morgan fingerprint density at radius 2 is 2.15 bits per heavy atom. The Labute approximate surface area is 132 Å². The highest BCUT2D eigenvalue weighted by molar-refractivity contribution is 9.10. The van der Waals surface area contributed by atoms with Crippen LogP contribution in [0.2, 0.25) is 0 Å². The van der Waals surface area contributed by atoms with Gasteiger partial charge in [0.15, 0.2) is 4.67 Å². The number of hydrogen-bond acceptors (Lipinski definition) is 5. The maximum Gasteiger partial charge on any atom is 0.245 e. The summed E-state index contributed by atoms with van der Waals surface area (Å²) in [6, 6.07) is 1.47. The van der Waals surface area contributed by atoms with Gasteiger partial charge in [-0.15, -0.1) is 0 Å². The molecule has 0 saturated heterocycles. The number of thioether (sulfide) groups is 1. The summed E-state index contributed by atoms with van der Waals surface area (Å²) in [4.78, 5) is 0.118. The third-order valence-corrected chi connectivity index (χ3v) is 7.41. The third-order valence-electron chi connectivity index (χ3n) is 3.73. The zero-order chi connectivity index (χ0) is 14.8. The molecule has 1 aliphatic rings. The normalized spacial score (nSPS) is 18.6. The van der Waals surface area contributed by atoms with E-state index in [1.165, 1.54) is 6.07 Å². The second-order valence-electron chi connectivity index (χ2n) is 4.97. The average molecular weight is 383 g/mol. The molecule has 0 amide bonds. The summed E-state index contributed by atoms with van der Waals surface area (Å²) in [7, 11) is -3.58. The molecule has 114 valence electrons. The fourth-order valence-electron chi connectivity index (χ4n) is 2.46.